The van der Waals surface area contributed by atoms with Crippen molar-refractivity contribution in [3.63, 3.8) is 0 Å². The summed E-state index contributed by atoms with van der Waals surface area (Å²) in [5, 5.41) is 14.2. The van der Waals surface area contributed by atoms with Gasteiger partial charge >= 0.3 is 0 Å². The maximum atomic E-state index is 9.46. The van der Waals surface area contributed by atoms with Gasteiger partial charge in [0.05, 0.1) is 12.6 Å². The van der Waals surface area contributed by atoms with Crippen LogP contribution in [0.3, 0.4) is 0 Å². The van der Waals surface area contributed by atoms with Crippen LogP contribution in [0, 0.1) is 0 Å². The van der Waals surface area contributed by atoms with Crippen LogP contribution >= 0.6 is 0 Å². The van der Waals surface area contributed by atoms with E-state index in [1.54, 1.807) is 0 Å². The molecule has 2 aliphatic rings. The Morgan fingerprint density at radius 1 is 1.26 bits per heavy atom. The van der Waals surface area contributed by atoms with Crippen molar-refractivity contribution in [3.05, 3.63) is 11.6 Å². The molecule has 3 rings (SSSR count). The third-order valence-corrected chi connectivity index (χ3v) is 4.48. The standard InChI is InChI=1S/C14H24N4O/c1-10(2)17-7-4-6-12(17)13-15-14-11(9-19)5-3-8-18(14)16-13/h10-12,19H,3-9H2,1-2H3. The van der Waals surface area contributed by atoms with Crippen molar-refractivity contribution in [3.8, 4) is 0 Å². The summed E-state index contributed by atoms with van der Waals surface area (Å²) in [5.41, 5.74) is 0. The third-order valence-electron chi connectivity index (χ3n) is 4.48. The lowest BCUT2D eigenvalue weighted by atomic mass is 10.0. The van der Waals surface area contributed by atoms with Crippen LogP contribution in [0.1, 0.15) is 63.1 Å². The first-order valence-electron chi connectivity index (χ1n) is 7.52. The number of fused-ring (bicyclic) bond motifs is 1. The molecular formula is C14H24N4O. The molecule has 1 saturated heterocycles. The first kappa shape index (κ1) is 13.1. The molecule has 1 aromatic rings. The molecule has 0 bridgehead atoms. The van der Waals surface area contributed by atoms with Gasteiger partial charge in [-0.25, -0.2) is 9.67 Å². The number of aromatic nitrogens is 3. The topological polar surface area (TPSA) is 54.2 Å². The lowest BCUT2D eigenvalue weighted by Crippen LogP contribution is -2.30. The zero-order valence-electron chi connectivity index (χ0n) is 11.9. The maximum Gasteiger partial charge on any atom is 0.168 e. The van der Waals surface area contributed by atoms with Crippen LogP contribution in [-0.2, 0) is 6.54 Å². The van der Waals surface area contributed by atoms with Crippen LogP contribution in [0.2, 0.25) is 0 Å². The van der Waals surface area contributed by atoms with Gasteiger partial charge in [-0.05, 0) is 46.1 Å². The zero-order valence-corrected chi connectivity index (χ0v) is 11.9. The highest BCUT2D eigenvalue weighted by atomic mass is 16.3. The van der Waals surface area contributed by atoms with Gasteiger partial charge in [0.2, 0.25) is 0 Å². The molecule has 0 amide bonds. The Hall–Kier alpha value is -0.940. The summed E-state index contributed by atoms with van der Waals surface area (Å²) >= 11 is 0. The molecular weight excluding hydrogens is 240 g/mol. The zero-order chi connectivity index (χ0) is 13.4. The number of hydrogen-bond acceptors (Lipinski definition) is 4. The average molecular weight is 264 g/mol. The van der Waals surface area contributed by atoms with Gasteiger partial charge in [-0.3, -0.25) is 4.90 Å². The summed E-state index contributed by atoms with van der Waals surface area (Å²) in [7, 11) is 0. The van der Waals surface area contributed by atoms with E-state index in [4.69, 9.17) is 10.1 Å². The molecule has 106 valence electrons. The largest absolute Gasteiger partial charge is 0.396 e. The van der Waals surface area contributed by atoms with Crippen LogP contribution in [0.15, 0.2) is 0 Å². The van der Waals surface area contributed by atoms with Gasteiger partial charge in [-0.15, -0.1) is 0 Å². The van der Waals surface area contributed by atoms with Crippen molar-refractivity contribution in [2.75, 3.05) is 13.2 Å². The number of rotatable bonds is 3. The summed E-state index contributed by atoms with van der Waals surface area (Å²) in [5.74, 6) is 2.16. The molecule has 0 saturated carbocycles. The molecule has 0 spiro atoms. The SMILES string of the molecule is CC(C)N1CCCC1c1nc2n(n1)CCCC2CO. The number of aliphatic hydroxyl groups is 1. The molecule has 0 radical (unpaired) electrons. The maximum absolute atomic E-state index is 9.46. The Bertz CT molecular complexity index is 443. The molecule has 3 heterocycles. The fourth-order valence-electron chi connectivity index (χ4n) is 3.45. The summed E-state index contributed by atoms with van der Waals surface area (Å²) in [6.07, 6.45) is 4.52. The van der Waals surface area contributed by atoms with Gasteiger partial charge < -0.3 is 5.11 Å². The minimum absolute atomic E-state index is 0.184. The van der Waals surface area contributed by atoms with Crippen LogP contribution < -0.4 is 0 Å². The predicted octanol–water partition coefficient (Wildman–Crippen LogP) is 1.69. The Balaban J connectivity index is 1.88. The molecule has 19 heavy (non-hydrogen) atoms. The molecule has 2 aliphatic heterocycles. The number of aryl methyl sites for hydroxylation is 1. The van der Waals surface area contributed by atoms with Gasteiger partial charge in [-0.2, -0.15) is 5.10 Å². The van der Waals surface area contributed by atoms with Crippen molar-refractivity contribution in [2.45, 2.75) is 64.1 Å². The summed E-state index contributed by atoms with van der Waals surface area (Å²) < 4.78 is 2.02. The molecule has 1 fully saturated rings. The molecule has 5 nitrogen and oxygen atoms in total. The highest BCUT2D eigenvalue weighted by molar-refractivity contribution is 5.07. The van der Waals surface area contributed by atoms with E-state index >= 15 is 0 Å². The van der Waals surface area contributed by atoms with Crippen molar-refractivity contribution < 1.29 is 5.11 Å². The highest BCUT2D eigenvalue weighted by Gasteiger charge is 2.33. The minimum Gasteiger partial charge on any atom is -0.396 e. The lowest BCUT2D eigenvalue weighted by molar-refractivity contribution is 0.198. The van der Waals surface area contributed by atoms with Crippen LogP contribution in [0.25, 0.3) is 0 Å². The summed E-state index contributed by atoms with van der Waals surface area (Å²) in [6, 6.07) is 0.916. The molecule has 5 heteroatoms. The number of likely N-dealkylation sites (tertiary alicyclic amines) is 1. The van der Waals surface area contributed by atoms with Crippen molar-refractivity contribution in [1.29, 1.82) is 0 Å². The first-order chi connectivity index (χ1) is 9.20. The lowest BCUT2D eigenvalue weighted by Gasteiger charge is -2.26. The minimum atomic E-state index is 0.184. The van der Waals surface area contributed by atoms with Crippen LogP contribution in [-0.4, -0.2) is 44.0 Å². The van der Waals surface area contributed by atoms with Crippen molar-refractivity contribution in [2.24, 2.45) is 0 Å². The second kappa shape index (κ2) is 5.21. The van der Waals surface area contributed by atoms with E-state index in [0.717, 1.165) is 44.0 Å². The van der Waals surface area contributed by atoms with Gasteiger partial charge in [0.25, 0.3) is 0 Å². The van der Waals surface area contributed by atoms with Crippen LogP contribution in [0.5, 0.6) is 0 Å². The predicted molar refractivity (Wildman–Crippen MR) is 72.9 cm³/mol. The van der Waals surface area contributed by atoms with Gasteiger partial charge in [0, 0.05) is 18.5 Å². The number of hydrogen-bond donors (Lipinski definition) is 1. The molecule has 2 atom stereocenters. The smallest absolute Gasteiger partial charge is 0.168 e. The Morgan fingerprint density at radius 2 is 2.05 bits per heavy atom. The monoisotopic (exact) mass is 264 g/mol. The average Bonchev–Trinajstić information content (AvgIpc) is 3.03. The molecule has 1 aromatic heterocycles. The van der Waals surface area contributed by atoms with E-state index in [9.17, 15) is 5.11 Å². The van der Waals surface area contributed by atoms with E-state index in [-0.39, 0.29) is 12.5 Å². The Labute approximate surface area is 114 Å². The van der Waals surface area contributed by atoms with E-state index in [1.807, 2.05) is 4.68 Å². The third kappa shape index (κ3) is 2.30. The highest BCUT2D eigenvalue weighted by Crippen LogP contribution is 2.33. The first-order valence-corrected chi connectivity index (χ1v) is 7.52. The fourth-order valence-corrected chi connectivity index (χ4v) is 3.45. The van der Waals surface area contributed by atoms with Crippen molar-refractivity contribution >= 4 is 0 Å². The second-order valence-electron chi connectivity index (χ2n) is 6.06. The molecule has 1 N–H and O–H groups in total. The van der Waals surface area contributed by atoms with Gasteiger partial charge in [0.15, 0.2) is 5.82 Å². The Kier molecular flexibility index (Phi) is 3.58. The Morgan fingerprint density at radius 3 is 2.79 bits per heavy atom. The second-order valence-corrected chi connectivity index (χ2v) is 6.06. The van der Waals surface area contributed by atoms with E-state index < -0.39 is 0 Å². The van der Waals surface area contributed by atoms with Crippen LogP contribution in [0.4, 0.5) is 0 Å². The normalized spacial score (nSPS) is 28.0. The van der Waals surface area contributed by atoms with E-state index in [0.29, 0.717) is 12.1 Å². The summed E-state index contributed by atoms with van der Waals surface area (Å²) in [6.45, 7) is 6.77. The van der Waals surface area contributed by atoms with Crippen molar-refractivity contribution in [1.82, 2.24) is 19.7 Å². The van der Waals surface area contributed by atoms with Gasteiger partial charge in [0.1, 0.15) is 5.82 Å². The number of aliphatic hydroxyl groups excluding tert-OH is 1. The molecule has 2 unspecified atom stereocenters. The number of nitrogens with zero attached hydrogens (tertiary/aromatic N) is 4. The molecule has 0 aliphatic carbocycles. The van der Waals surface area contributed by atoms with Gasteiger partial charge in [-0.1, -0.05) is 0 Å². The van der Waals surface area contributed by atoms with E-state index in [2.05, 4.69) is 18.7 Å². The quantitative estimate of drug-likeness (QED) is 0.902. The molecule has 0 aromatic carbocycles. The summed E-state index contributed by atoms with van der Waals surface area (Å²) in [4.78, 5) is 7.26. The fraction of sp³-hybridized carbons (Fsp3) is 0.857. The van der Waals surface area contributed by atoms with E-state index in [1.165, 1.54) is 6.42 Å².